The summed E-state index contributed by atoms with van der Waals surface area (Å²) in [6, 6.07) is -0.142. The Balaban J connectivity index is 1.47. The van der Waals surface area contributed by atoms with Crippen molar-refractivity contribution in [2.75, 3.05) is 46.9 Å². The molecule has 3 unspecified atom stereocenters. The molecule has 27 heavy (non-hydrogen) atoms. The van der Waals surface area contributed by atoms with E-state index in [1.807, 2.05) is 0 Å². The molecule has 3 aliphatic heterocycles. The number of nitrogens with zero attached hydrogens (tertiary/aromatic N) is 3. The third-order valence-corrected chi connectivity index (χ3v) is 5.96. The highest BCUT2D eigenvalue weighted by Gasteiger charge is 2.35. The number of amides is 1. The van der Waals surface area contributed by atoms with Crippen LogP contribution in [0.25, 0.3) is 0 Å². The Morgan fingerprint density at radius 3 is 2.70 bits per heavy atom. The summed E-state index contributed by atoms with van der Waals surface area (Å²) in [6.07, 6.45) is 6.14. The monoisotopic (exact) mass is 381 g/mol. The largest absolute Gasteiger partial charge is 0.453 e. The van der Waals surface area contributed by atoms with Crippen molar-refractivity contribution in [3.8, 4) is 0 Å². The molecule has 2 saturated heterocycles. The van der Waals surface area contributed by atoms with Crippen LogP contribution in [0.4, 0.5) is 4.79 Å². The van der Waals surface area contributed by atoms with Crippen LogP contribution in [0.3, 0.4) is 0 Å². The van der Waals surface area contributed by atoms with E-state index in [1.54, 1.807) is 4.90 Å². The van der Waals surface area contributed by atoms with Crippen molar-refractivity contribution in [3.63, 3.8) is 0 Å². The molecule has 0 saturated carbocycles. The highest BCUT2D eigenvalue weighted by Crippen LogP contribution is 2.22. The first kappa shape index (κ1) is 20.4. The summed E-state index contributed by atoms with van der Waals surface area (Å²) < 4.78 is 11.1. The number of likely N-dealkylation sites (tertiary alicyclic amines) is 2. The first-order valence-electron chi connectivity index (χ1n) is 10.1. The van der Waals surface area contributed by atoms with Gasteiger partial charge in [0.05, 0.1) is 25.9 Å². The molecule has 0 spiro atoms. The van der Waals surface area contributed by atoms with Gasteiger partial charge in [-0.3, -0.25) is 9.80 Å². The lowest BCUT2D eigenvalue weighted by Gasteiger charge is -2.44. The normalized spacial score (nSPS) is 31.3. The molecule has 0 aliphatic carbocycles. The quantitative estimate of drug-likeness (QED) is 0.743. The predicted octanol–water partition coefficient (Wildman–Crippen LogP) is 0.748. The number of ether oxygens (including phenoxy) is 2. The number of carbonyl (C=O) groups excluding carboxylic acids is 1. The number of hydrogen-bond donors (Lipinski definition) is 2. The summed E-state index contributed by atoms with van der Waals surface area (Å²) in [6.45, 7) is 6.32. The van der Waals surface area contributed by atoms with E-state index in [0.29, 0.717) is 13.2 Å². The lowest BCUT2D eigenvalue weighted by Crippen LogP contribution is -2.59. The van der Waals surface area contributed by atoms with Crippen molar-refractivity contribution >= 4 is 6.09 Å². The topological polar surface area (TPSA) is 83.3 Å². The molecule has 0 aromatic carbocycles. The van der Waals surface area contributed by atoms with E-state index < -0.39 is 0 Å². The summed E-state index contributed by atoms with van der Waals surface area (Å²) in [5.74, 6) is 0. The molecule has 154 valence electrons. The van der Waals surface area contributed by atoms with Crippen LogP contribution in [0.2, 0.25) is 0 Å². The van der Waals surface area contributed by atoms with Crippen LogP contribution in [0, 0.1) is 0 Å². The fraction of sp³-hybridized carbons (Fsp3) is 0.842. The minimum absolute atomic E-state index is 0.0481. The number of rotatable bonds is 4. The molecule has 0 radical (unpaired) electrons. The summed E-state index contributed by atoms with van der Waals surface area (Å²) >= 11 is 0. The molecule has 3 heterocycles. The van der Waals surface area contributed by atoms with Crippen LogP contribution < -0.4 is 11.1 Å². The maximum absolute atomic E-state index is 12.0. The van der Waals surface area contributed by atoms with E-state index in [0.717, 1.165) is 45.3 Å². The highest BCUT2D eigenvalue weighted by molar-refractivity contribution is 5.68. The molecule has 3 atom stereocenters. The minimum atomic E-state index is -0.302. The van der Waals surface area contributed by atoms with Gasteiger partial charge in [0, 0.05) is 32.2 Å². The van der Waals surface area contributed by atoms with Gasteiger partial charge in [-0.25, -0.2) is 4.79 Å². The van der Waals surface area contributed by atoms with E-state index >= 15 is 0 Å². The molecule has 1 amide bonds. The number of carbonyl (C=O) groups is 1. The van der Waals surface area contributed by atoms with Crippen LogP contribution in [0.5, 0.6) is 0 Å². The molecule has 8 heteroatoms. The van der Waals surface area contributed by atoms with E-state index in [9.17, 15) is 4.79 Å². The fourth-order valence-corrected chi connectivity index (χ4v) is 4.42. The van der Waals surface area contributed by atoms with Crippen LogP contribution in [0.15, 0.2) is 11.8 Å². The summed E-state index contributed by atoms with van der Waals surface area (Å²) in [4.78, 5) is 18.6. The average Bonchev–Trinajstić information content (AvgIpc) is 2.67. The first-order valence-corrected chi connectivity index (χ1v) is 10.1. The molecule has 3 aliphatic rings. The second-order valence-corrected chi connectivity index (χ2v) is 8.05. The third-order valence-electron chi connectivity index (χ3n) is 5.96. The molecule has 3 rings (SSSR count). The first-order chi connectivity index (χ1) is 13.0. The molecule has 0 bridgehead atoms. The zero-order valence-electron chi connectivity index (χ0n) is 16.9. The fourth-order valence-electron chi connectivity index (χ4n) is 4.42. The van der Waals surface area contributed by atoms with Crippen molar-refractivity contribution in [1.82, 2.24) is 20.0 Å². The smallest absolute Gasteiger partial charge is 0.409 e. The SMILES string of the molecule is COC(=O)N1CCCC(N)C1COC1CCN(C2NC=C(C)CN2C)CC1. The molecular formula is C19H35N5O3. The number of piperidine rings is 2. The Labute approximate surface area is 162 Å². The Morgan fingerprint density at radius 1 is 1.30 bits per heavy atom. The van der Waals surface area contributed by atoms with Crippen molar-refractivity contribution in [1.29, 1.82) is 0 Å². The van der Waals surface area contributed by atoms with Gasteiger partial charge in [-0.1, -0.05) is 0 Å². The molecule has 0 aromatic heterocycles. The Morgan fingerprint density at radius 2 is 2.04 bits per heavy atom. The van der Waals surface area contributed by atoms with E-state index in [-0.39, 0.29) is 30.6 Å². The van der Waals surface area contributed by atoms with Crippen LogP contribution >= 0.6 is 0 Å². The van der Waals surface area contributed by atoms with Crippen molar-refractivity contribution < 1.29 is 14.3 Å². The van der Waals surface area contributed by atoms with Crippen molar-refractivity contribution in [2.24, 2.45) is 5.73 Å². The minimum Gasteiger partial charge on any atom is -0.453 e. The highest BCUT2D eigenvalue weighted by atomic mass is 16.5. The molecule has 0 aromatic rings. The van der Waals surface area contributed by atoms with Gasteiger partial charge in [0.25, 0.3) is 0 Å². The molecule has 3 N–H and O–H groups in total. The summed E-state index contributed by atoms with van der Waals surface area (Å²) in [5, 5.41) is 3.49. The Hall–Kier alpha value is -1.35. The maximum Gasteiger partial charge on any atom is 0.409 e. The zero-order chi connectivity index (χ0) is 19.4. The Bertz CT molecular complexity index is 535. The summed E-state index contributed by atoms with van der Waals surface area (Å²) in [5.41, 5.74) is 7.62. The van der Waals surface area contributed by atoms with Gasteiger partial charge >= 0.3 is 6.09 Å². The second-order valence-electron chi connectivity index (χ2n) is 8.05. The van der Waals surface area contributed by atoms with Gasteiger partial charge in [-0.05, 0) is 51.4 Å². The van der Waals surface area contributed by atoms with Gasteiger partial charge in [-0.15, -0.1) is 0 Å². The molecular weight excluding hydrogens is 346 g/mol. The third kappa shape index (κ3) is 4.93. The lowest BCUT2D eigenvalue weighted by atomic mass is 9.98. The van der Waals surface area contributed by atoms with Gasteiger partial charge in [0.2, 0.25) is 0 Å². The zero-order valence-corrected chi connectivity index (χ0v) is 16.9. The van der Waals surface area contributed by atoms with Crippen LogP contribution in [0.1, 0.15) is 32.6 Å². The van der Waals surface area contributed by atoms with Crippen LogP contribution in [-0.4, -0.2) is 92.2 Å². The lowest BCUT2D eigenvalue weighted by molar-refractivity contribution is -0.0529. The van der Waals surface area contributed by atoms with Gasteiger partial charge in [0.15, 0.2) is 0 Å². The Kier molecular flexibility index (Phi) is 6.97. The predicted molar refractivity (Wildman–Crippen MR) is 104 cm³/mol. The average molecular weight is 382 g/mol. The van der Waals surface area contributed by atoms with Crippen LogP contribution in [-0.2, 0) is 9.47 Å². The maximum atomic E-state index is 12.0. The second kappa shape index (κ2) is 9.23. The van der Waals surface area contributed by atoms with E-state index in [1.165, 1.54) is 12.7 Å². The standard InChI is InChI=1S/C19H35N5O3/c1-14-11-21-18(22(2)12-14)23-9-6-15(7-10-23)27-13-17-16(20)5-4-8-24(17)19(25)26-3/h11,15-18,21H,4-10,12-13,20H2,1-3H3. The number of nitrogens with one attached hydrogen (secondary N) is 1. The van der Waals surface area contributed by atoms with Gasteiger partial charge in [0.1, 0.15) is 6.29 Å². The number of nitrogens with two attached hydrogens (primary N) is 1. The van der Waals surface area contributed by atoms with Gasteiger partial charge in [-0.2, -0.15) is 0 Å². The van der Waals surface area contributed by atoms with E-state index in [4.69, 9.17) is 15.2 Å². The molecule has 2 fully saturated rings. The summed E-state index contributed by atoms with van der Waals surface area (Å²) in [7, 11) is 3.58. The molecule has 8 nitrogen and oxygen atoms in total. The van der Waals surface area contributed by atoms with Crippen molar-refractivity contribution in [2.45, 2.75) is 57.1 Å². The van der Waals surface area contributed by atoms with Crippen molar-refractivity contribution in [3.05, 3.63) is 11.8 Å². The van der Waals surface area contributed by atoms with E-state index in [2.05, 4.69) is 35.3 Å². The van der Waals surface area contributed by atoms with Gasteiger partial charge < -0.3 is 25.4 Å². The number of likely N-dealkylation sites (N-methyl/N-ethyl adjacent to an activating group) is 1. The number of hydrogen-bond acceptors (Lipinski definition) is 7. The number of methoxy groups -OCH3 is 1.